The quantitative estimate of drug-likeness (QED) is 0.523. The third-order valence-electron chi connectivity index (χ3n) is 2.78. The summed E-state index contributed by atoms with van der Waals surface area (Å²) in [6.07, 6.45) is 0. The van der Waals surface area contributed by atoms with E-state index in [2.05, 4.69) is 31.9 Å². The van der Waals surface area contributed by atoms with Gasteiger partial charge in [-0.25, -0.2) is 8.78 Å². The number of halogens is 5. The van der Waals surface area contributed by atoms with Crippen LogP contribution in [0.3, 0.4) is 0 Å². The first-order chi connectivity index (χ1) is 8.90. The van der Waals surface area contributed by atoms with Crippen LogP contribution in [0.25, 0.3) is 0 Å². The molecule has 0 nitrogen and oxygen atoms in total. The molecule has 0 heterocycles. The van der Waals surface area contributed by atoms with Crippen LogP contribution in [0.15, 0.2) is 39.3 Å². The Balaban J connectivity index is 2.52. The number of hydrogen-bond acceptors (Lipinski definition) is 0. The predicted octanol–water partition coefficient (Wildman–Crippen LogP) is 6.13. The number of rotatable bonds is 2. The van der Waals surface area contributed by atoms with Gasteiger partial charge in [0.15, 0.2) is 0 Å². The van der Waals surface area contributed by atoms with Crippen molar-refractivity contribution in [3.05, 3.63) is 67.6 Å². The number of benzene rings is 2. The van der Waals surface area contributed by atoms with Crippen molar-refractivity contribution < 1.29 is 8.78 Å². The largest absolute Gasteiger partial charge is 0.207 e. The first kappa shape index (κ1) is 14.9. The van der Waals surface area contributed by atoms with E-state index in [4.69, 9.17) is 11.6 Å². The second kappa shape index (κ2) is 5.90. The molecule has 0 spiro atoms. The molecular weight excluding hydrogens is 401 g/mol. The van der Waals surface area contributed by atoms with Gasteiger partial charge in [-0.1, -0.05) is 31.9 Å². The molecule has 0 saturated heterocycles. The van der Waals surface area contributed by atoms with Crippen LogP contribution in [-0.4, -0.2) is 0 Å². The Kier molecular flexibility index (Phi) is 4.64. The summed E-state index contributed by atoms with van der Waals surface area (Å²) in [4.78, 5) is 0. The molecule has 5 heteroatoms. The molecule has 0 aliphatic carbocycles. The monoisotopic (exact) mass is 408 g/mol. The number of aryl methyl sites for hydroxylation is 1. The molecule has 0 aromatic heterocycles. The molecule has 0 radical (unpaired) electrons. The molecule has 0 saturated carbocycles. The van der Waals surface area contributed by atoms with Crippen molar-refractivity contribution >= 4 is 43.5 Å². The Hall–Kier alpha value is -0.450. The molecular formula is C14H9Br2ClF2. The van der Waals surface area contributed by atoms with Crippen LogP contribution in [0.4, 0.5) is 8.78 Å². The molecule has 0 bridgehead atoms. The summed E-state index contributed by atoms with van der Waals surface area (Å²) >= 11 is 13.0. The van der Waals surface area contributed by atoms with Gasteiger partial charge in [0.05, 0.1) is 5.38 Å². The molecule has 2 aromatic rings. The van der Waals surface area contributed by atoms with Crippen molar-refractivity contribution in [1.82, 2.24) is 0 Å². The smallest absolute Gasteiger partial charge is 0.128 e. The van der Waals surface area contributed by atoms with Gasteiger partial charge in [-0.15, -0.1) is 11.6 Å². The zero-order valence-corrected chi connectivity index (χ0v) is 13.8. The van der Waals surface area contributed by atoms with Crippen LogP contribution in [0, 0.1) is 18.6 Å². The lowest BCUT2D eigenvalue weighted by molar-refractivity contribution is 0.580. The van der Waals surface area contributed by atoms with Gasteiger partial charge in [0, 0.05) is 14.5 Å². The molecule has 2 rings (SSSR count). The van der Waals surface area contributed by atoms with E-state index >= 15 is 0 Å². The lowest BCUT2D eigenvalue weighted by atomic mass is 10.0. The lowest BCUT2D eigenvalue weighted by Gasteiger charge is -2.14. The average molecular weight is 410 g/mol. The first-order valence-corrected chi connectivity index (χ1v) is 7.47. The molecule has 0 N–H and O–H groups in total. The Labute approximate surface area is 132 Å². The third kappa shape index (κ3) is 3.18. The molecule has 19 heavy (non-hydrogen) atoms. The van der Waals surface area contributed by atoms with E-state index in [0.717, 1.165) is 21.1 Å². The highest BCUT2D eigenvalue weighted by Crippen LogP contribution is 2.37. The summed E-state index contributed by atoms with van der Waals surface area (Å²) in [5.41, 5.74) is 1.07. The van der Waals surface area contributed by atoms with Crippen molar-refractivity contribution in [2.24, 2.45) is 0 Å². The van der Waals surface area contributed by atoms with Crippen LogP contribution in [-0.2, 0) is 0 Å². The van der Waals surface area contributed by atoms with Gasteiger partial charge < -0.3 is 0 Å². The standard InChI is InChI=1S/C14H9Br2ClF2/c1-7-4-13(19)10(6-12(7)18)14(17)9-5-8(15)2-3-11(9)16/h2-6,14H,1H3. The van der Waals surface area contributed by atoms with E-state index in [-0.39, 0.29) is 11.1 Å². The van der Waals surface area contributed by atoms with Crippen LogP contribution in [0.2, 0.25) is 0 Å². The topological polar surface area (TPSA) is 0 Å². The van der Waals surface area contributed by atoms with Crippen molar-refractivity contribution in [3.8, 4) is 0 Å². The summed E-state index contributed by atoms with van der Waals surface area (Å²) < 4.78 is 29.1. The summed E-state index contributed by atoms with van der Waals surface area (Å²) in [5.74, 6) is -0.973. The van der Waals surface area contributed by atoms with Gasteiger partial charge >= 0.3 is 0 Å². The minimum atomic E-state index is -0.762. The lowest BCUT2D eigenvalue weighted by Crippen LogP contribution is -2.00. The van der Waals surface area contributed by atoms with E-state index in [0.29, 0.717) is 5.56 Å². The first-order valence-electron chi connectivity index (χ1n) is 5.44. The summed E-state index contributed by atoms with van der Waals surface area (Å²) in [7, 11) is 0. The maximum atomic E-state index is 13.9. The summed E-state index contributed by atoms with van der Waals surface area (Å²) in [5, 5.41) is -0.762. The van der Waals surface area contributed by atoms with E-state index in [1.807, 2.05) is 6.07 Å². The Bertz CT molecular complexity index is 629. The van der Waals surface area contributed by atoms with Gasteiger partial charge in [0.2, 0.25) is 0 Å². The van der Waals surface area contributed by atoms with Gasteiger partial charge in [-0.05, 0) is 48.4 Å². The summed E-state index contributed by atoms with van der Waals surface area (Å²) in [6.45, 7) is 1.51. The Morgan fingerprint density at radius 3 is 2.37 bits per heavy atom. The highest BCUT2D eigenvalue weighted by atomic mass is 79.9. The van der Waals surface area contributed by atoms with Crippen LogP contribution in [0.5, 0.6) is 0 Å². The fourth-order valence-corrected chi connectivity index (χ4v) is 3.07. The maximum absolute atomic E-state index is 13.9. The molecule has 100 valence electrons. The second-order valence-corrected chi connectivity index (χ2v) is 6.36. The minimum Gasteiger partial charge on any atom is -0.207 e. The van der Waals surface area contributed by atoms with Gasteiger partial charge in [0.1, 0.15) is 11.6 Å². The van der Waals surface area contributed by atoms with Crippen molar-refractivity contribution in [2.45, 2.75) is 12.3 Å². The van der Waals surface area contributed by atoms with E-state index in [1.54, 1.807) is 12.1 Å². The van der Waals surface area contributed by atoms with E-state index in [1.165, 1.54) is 6.92 Å². The minimum absolute atomic E-state index is 0.128. The SMILES string of the molecule is Cc1cc(F)c(C(Cl)c2cc(Br)ccc2Br)cc1F. The maximum Gasteiger partial charge on any atom is 0.128 e. The summed E-state index contributed by atoms with van der Waals surface area (Å²) in [6, 6.07) is 7.72. The molecule has 2 aromatic carbocycles. The fraction of sp³-hybridized carbons (Fsp3) is 0.143. The zero-order chi connectivity index (χ0) is 14.2. The number of alkyl halides is 1. The van der Waals surface area contributed by atoms with Crippen molar-refractivity contribution in [1.29, 1.82) is 0 Å². The fourth-order valence-electron chi connectivity index (χ4n) is 1.73. The van der Waals surface area contributed by atoms with Crippen molar-refractivity contribution in [2.75, 3.05) is 0 Å². The van der Waals surface area contributed by atoms with Gasteiger partial charge in [0.25, 0.3) is 0 Å². The van der Waals surface area contributed by atoms with E-state index in [9.17, 15) is 8.78 Å². The van der Waals surface area contributed by atoms with Gasteiger partial charge in [-0.2, -0.15) is 0 Å². The van der Waals surface area contributed by atoms with Crippen LogP contribution >= 0.6 is 43.5 Å². The van der Waals surface area contributed by atoms with E-state index < -0.39 is 17.0 Å². The molecule has 1 atom stereocenters. The Morgan fingerprint density at radius 2 is 1.68 bits per heavy atom. The molecule has 0 aliphatic heterocycles. The zero-order valence-electron chi connectivity index (χ0n) is 9.85. The predicted molar refractivity (Wildman–Crippen MR) is 80.6 cm³/mol. The second-order valence-electron chi connectivity index (χ2n) is 4.15. The molecule has 1 unspecified atom stereocenters. The molecule has 0 amide bonds. The molecule has 0 aliphatic rings. The Morgan fingerprint density at radius 1 is 1.00 bits per heavy atom. The van der Waals surface area contributed by atoms with Crippen molar-refractivity contribution in [3.63, 3.8) is 0 Å². The highest BCUT2D eigenvalue weighted by molar-refractivity contribution is 9.11. The van der Waals surface area contributed by atoms with Crippen LogP contribution in [0.1, 0.15) is 22.1 Å². The normalized spacial score (nSPS) is 12.5. The molecule has 0 fully saturated rings. The highest BCUT2D eigenvalue weighted by Gasteiger charge is 2.19. The van der Waals surface area contributed by atoms with Gasteiger partial charge in [-0.3, -0.25) is 0 Å². The number of hydrogen-bond donors (Lipinski definition) is 0. The average Bonchev–Trinajstić information content (AvgIpc) is 2.36. The van der Waals surface area contributed by atoms with Crippen LogP contribution < -0.4 is 0 Å². The third-order valence-corrected chi connectivity index (χ3v) is 4.47.